The predicted molar refractivity (Wildman–Crippen MR) is 112 cm³/mol. The zero-order chi connectivity index (χ0) is 20.8. The van der Waals surface area contributed by atoms with E-state index in [0.717, 1.165) is 53.3 Å². The van der Waals surface area contributed by atoms with Crippen LogP contribution in [-0.2, 0) is 22.4 Å². The number of hydrogen-bond acceptors (Lipinski definition) is 5. The third kappa shape index (κ3) is 4.70. The van der Waals surface area contributed by atoms with Crippen molar-refractivity contribution in [3.05, 3.63) is 47.5 Å². The Morgan fingerprint density at radius 3 is 2.31 bits per heavy atom. The predicted octanol–water partition coefficient (Wildman–Crippen LogP) is 4.33. The van der Waals surface area contributed by atoms with Crippen molar-refractivity contribution in [1.29, 1.82) is 0 Å². The molecule has 0 saturated carbocycles. The lowest BCUT2D eigenvalue weighted by atomic mass is 9.87. The molecule has 3 rings (SSSR count). The molecule has 0 bridgehead atoms. The highest BCUT2D eigenvalue weighted by molar-refractivity contribution is 5.97. The van der Waals surface area contributed by atoms with Crippen molar-refractivity contribution in [3.8, 4) is 11.5 Å². The number of amides is 1. The van der Waals surface area contributed by atoms with Crippen molar-refractivity contribution in [2.45, 2.75) is 39.5 Å². The van der Waals surface area contributed by atoms with Crippen LogP contribution in [0.25, 0.3) is 10.8 Å². The van der Waals surface area contributed by atoms with Crippen LogP contribution in [0, 0.1) is 0 Å². The molecule has 0 heterocycles. The first-order valence-corrected chi connectivity index (χ1v) is 10.0. The van der Waals surface area contributed by atoms with Gasteiger partial charge in [0, 0.05) is 27.5 Å². The minimum absolute atomic E-state index is 0.0585. The number of nitrogens with one attached hydrogen (secondary N) is 1. The van der Waals surface area contributed by atoms with E-state index >= 15 is 0 Å². The Hall–Kier alpha value is -3.02. The van der Waals surface area contributed by atoms with Crippen molar-refractivity contribution < 1.29 is 23.8 Å². The molecule has 0 unspecified atom stereocenters. The van der Waals surface area contributed by atoms with Crippen LogP contribution in [-0.4, -0.2) is 31.8 Å². The Kier molecular flexibility index (Phi) is 6.75. The third-order valence-corrected chi connectivity index (χ3v) is 4.87. The van der Waals surface area contributed by atoms with Crippen LogP contribution in [0.2, 0.25) is 0 Å². The molecule has 1 amide bonds. The molecule has 0 fully saturated rings. The Morgan fingerprint density at radius 2 is 1.69 bits per heavy atom. The van der Waals surface area contributed by atoms with E-state index < -0.39 is 12.1 Å². The van der Waals surface area contributed by atoms with Crippen LogP contribution in [0.3, 0.4) is 0 Å². The first-order valence-electron chi connectivity index (χ1n) is 10.0. The van der Waals surface area contributed by atoms with Gasteiger partial charge in [-0.1, -0.05) is 30.8 Å². The monoisotopic (exact) mass is 397 g/mol. The smallest absolute Gasteiger partial charge is 0.412 e. The van der Waals surface area contributed by atoms with Crippen molar-refractivity contribution in [3.63, 3.8) is 0 Å². The van der Waals surface area contributed by atoms with Gasteiger partial charge in [-0.3, -0.25) is 0 Å². The molecule has 0 saturated heterocycles. The van der Waals surface area contributed by atoms with Crippen LogP contribution < -0.4 is 14.8 Å². The summed E-state index contributed by atoms with van der Waals surface area (Å²) in [6.45, 7) is 7.87. The van der Waals surface area contributed by atoms with E-state index in [1.54, 1.807) is 6.92 Å². The Balaban J connectivity index is 1.82. The summed E-state index contributed by atoms with van der Waals surface area (Å²) in [6, 6.07) is 7.83. The number of fused-ring (bicyclic) bond motifs is 2. The van der Waals surface area contributed by atoms with Crippen LogP contribution in [0.1, 0.15) is 37.8 Å². The topological polar surface area (TPSA) is 73.9 Å². The fourth-order valence-electron chi connectivity index (χ4n) is 3.59. The van der Waals surface area contributed by atoms with E-state index in [1.165, 1.54) is 0 Å². The highest BCUT2D eigenvalue weighted by atomic mass is 16.6. The summed E-state index contributed by atoms with van der Waals surface area (Å²) >= 11 is 0. The van der Waals surface area contributed by atoms with Crippen LogP contribution in [0.15, 0.2) is 36.4 Å². The van der Waals surface area contributed by atoms with E-state index in [1.807, 2.05) is 31.2 Å². The molecule has 2 aromatic rings. The highest BCUT2D eigenvalue weighted by Crippen LogP contribution is 2.44. The van der Waals surface area contributed by atoms with Gasteiger partial charge in [-0.2, -0.15) is 0 Å². The Labute approximate surface area is 170 Å². The van der Waals surface area contributed by atoms with E-state index in [0.29, 0.717) is 17.9 Å². The van der Waals surface area contributed by atoms with Gasteiger partial charge in [-0.05, 0) is 39.5 Å². The molecule has 29 heavy (non-hydrogen) atoms. The van der Waals surface area contributed by atoms with Crippen molar-refractivity contribution in [1.82, 2.24) is 5.32 Å². The van der Waals surface area contributed by atoms with Gasteiger partial charge in [-0.15, -0.1) is 0 Å². The summed E-state index contributed by atoms with van der Waals surface area (Å²) in [6.07, 6.45) is 3.32. The number of hydrogen-bond donors (Lipinski definition) is 1. The summed E-state index contributed by atoms with van der Waals surface area (Å²) in [5, 5.41) is 4.45. The van der Waals surface area contributed by atoms with Gasteiger partial charge in [0.05, 0.1) is 13.2 Å². The first kappa shape index (κ1) is 20.7. The fourth-order valence-corrected chi connectivity index (χ4v) is 3.59. The maximum atomic E-state index is 12.4. The highest BCUT2D eigenvalue weighted by Gasteiger charge is 2.24. The average molecular weight is 397 g/mol. The van der Waals surface area contributed by atoms with Crippen LogP contribution in [0.4, 0.5) is 4.79 Å². The number of ether oxygens (including phenoxy) is 3. The molecule has 1 aliphatic carbocycles. The first-order chi connectivity index (χ1) is 14.0. The molecule has 154 valence electrons. The molecule has 6 heteroatoms. The second kappa shape index (κ2) is 9.45. The van der Waals surface area contributed by atoms with E-state index in [4.69, 9.17) is 14.2 Å². The zero-order valence-electron chi connectivity index (χ0n) is 17.0. The van der Waals surface area contributed by atoms with Gasteiger partial charge in [0.15, 0.2) is 0 Å². The minimum atomic E-state index is -0.571. The molecule has 6 nitrogen and oxygen atoms in total. The molecular formula is C23H27NO5. The quantitative estimate of drug-likeness (QED) is 0.428. The summed E-state index contributed by atoms with van der Waals surface area (Å²) in [5.74, 6) is 1.01. The molecule has 0 atom stereocenters. The maximum absolute atomic E-state index is 12.4. The molecule has 0 spiro atoms. The molecule has 0 radical (unpaired) electrons. The molecule has 1 aliphatic rings. The van der Waals surface area contributed by atoms with Gasteiger partial charge < -0.3 is 19.5 Å². The van der Waals surface area contributed by atoms with Gasteiger partial charge in [0.25, 0.3) is 0 Å². The van der Waals surface area contributed by atoms with Crippen LogP contribution in [0.5, 0.6) is 11.5 Å². The van der Waals surface area contributed by atoms with Gasteiger partial charge in [0.1, 0.15) is 18.1 Å². The number of esters is 1. The maximum Gasteiger partial charge on any atom is 0.412 e. The van der Waals surface area contributed by atoms with E-state index in [9.17, 15) is 9.59 Å². The largest absolute Gasteiger partial charge is 0.493 e. The summed E-state index contributed by atoms with van der Waals surface area (Å²) in [4.78, 5) is 23.8. The SMILES string of the molecule is C=C(C)C(=O)OCCNC(=O)Oc1c2c(c(OCC)c3ccccc13)CCCC2. The molecule has 1 N–H and O–H groups in total. The zero-order valence-corrected chi connectivity index (χ0v) is 17.0. The van der Waals surface area contributed by atoms with Crippen molar-refractivity contribution in [2.24, 2.45) is 0 Å². The number of carbonyl (C=O) groups excluding carboxylic acids is 2. The van der Waals surface area contributed by atoms with Gasteiger partial charge in [-0.25, -0.2) is 9.59 Å². The second-order valence-corrected chi connectivity index (χ2v) is 7.03. The lowest BCUT2D eigenvalue weighted by Gasteiger charge is -2.24. The molecule has 0 aromatic heterocycles. The summed E-state index contributed by atoms with van der Waals surface area (Å²) in [5.41, 5.74) is 2.50. The molecule has 0 aliphatic heterocycles. The minimum Gasteiger partial charge on any atom is -0.493 e. The molecule has 2 aromatic carbocycles. The van der Waals surface area contributed by atoms with Crippen LogP contribution >= 0.6 is 0 Å². The number of benzene rings is 2. The van der Waals surface area contributed by atoms with Crippen molar-refractivity contribution in [2.75, 3.05) is 19.8 Å². The average Bonchev–Trinajstić information content (AvgIpc) is 2.73. The van der Waals surface area contributed by atoms with Crippen molar-refractivity contribution >= 4 is 22.8 Å². The lowest BCUT2D eigenvalue weighted by Crippen LogP contribution is -2.31. The van der Waals surface area contributed by atoms with E-state index in [-0.39, 0.29) is 13.2 Å². The summed E-state index contributed by atoms with van der Waals surface area (Å²) < 4.78 is 16.7. The summed E-state index contributed by atoms with van der Waals surface area (Å²) in [7, 11) is 0. The Bertz CT molecular complexity index is 935. The van der Waals surface area contributed by atoms with Gasteiger partial charge >= 0.3 is 12.1 Å². The lowest BCUT2D eigenvalue weighted by molar-refractivity contribution is -0.138. The number of rotatable bonds is 7. The second-order valence-electron chi connectivity index (χ2n) is 7.03. The van der Waals surface area contributed by atoms with Gasteiger partial charge in [0.2, 0.25) is 0 Å². The normalized spacial score (nSPS) is 12.8. The fraction of sp³-hybridized carbons (Fsp3) is 0.391. The third-order valence-electron chi connectivity index (χ3n) is 4.87. The number of carbonyl (C=O) groups is 2. The molecular weight excluding hydrogens is 370 g/mol. The Morgan fingerprint density at radius 1 is 1.07 bits per heavy atom. The van der Waals surface area contributed by atoms with E-state index in [2.05, 4.69) is 11.9 Å². The standard InChI is InChI=1S/C23H27NO5/c1-4-27-20-16-9-5-7-11-18(16)21(19-12-8-6-10-17(19)20)29-23(26)24-13-14-28-22(25)15(2)3/h5,7,9,11H,2,4,6,8,10,12-14H2,1,3H3,(H,24,26).